The van der Waals surface area contributed by atoms with Crippen molar-refractivity contribution in [1.29, 1.82) is 0 Å². The minimum atomic E-state index is 0.893. The maximum Gasteiger partial charge on any atom is 0.398 e. The van der Waals surface area contributed by atoms with E-state index in [-0.39, 0.29) is 0 Å². The van der Waals surface area contributed by atoms with Crippen molar-refractivity contribution in [3.8, 4) is 0 Å². The molecule has 0 atom stereocenters. The van der Waals surface area contributed by atoms with Gasteiger partial charge in [-0.2, -0.15) is 10.0 Å². The third kappa shape index (κ3) is 2.06. The third-order valence-corrected chi connectivity index (χ3v) is 2.83. The van der Waals surface area contributed by atoms with Crippen LogP contribution in [0.25, 0.3) is 11.0 Å². The first-order valence-electron chi connectivity index (χ1n) is 5.78. The van der Waals surface area contributed by atoms with Crippen LogP contribution in [0, 0.1) is 0 Å². The molecule has 2 rings (SSSR count). The molecule has 1 heterocycles. The summed E-state index contributed by atoms with van der Waals surface area (Å²) in [6.45, 7) is 0. The van der Waals surface area contributed by atoms with Crippen LogP contribution in [-0.4, -0.2) is 70.8 Å². The van der Waals surface area contributed by atoms with Crippen LogP contribution in [0.2, 0.25) is 0 Å². The summed E-state index contributed by atoms with van der Waals surface area (Å²) in [5.41, 5.74) is 1.89. The van der Waals surface area contributed by atoms with Crippen LogP contribution in [0.15, 0.2) is 24.3 Å². The van der Waals surface area contributed by atoms with Crippen molar-refractivity contribution in [2.45, 2.75) is 0 Å². The van der Waals surface area contributed by atoms with Crippen molar-refractivity contribution in [2.24, 2.45) is 0 Å². The van der Waals surface area contributed by atoms with Gasteiger partial charge in [0.1, 0.15) is 5.52 Å². The average molecular weight is 247 g/mol. The Morgan fingerprint density at radius 2 is 1.83 bits per heavy atom. The summed E-state index contributed by atoms with van der Waals surface area (Å²) in [6, 6.07) is 7.93. The molecule has 0 amide bonds. The van der Waals surface area contributed by atoms with E-state index < -0.39 is 0 Å². The van der Waals surface area contributed by atoms with Gasteiger partial charge in [0.25, 0.3) is 0 Å². The fourth-order valence-electron chi connectivity index (χ4n) is 1.81. The molecule has 0 unspecified atom stereocenters. The van der Waals surface area contributed by atoms with E-state index in [1.165, 1.54) is 0 Å². The van der Waals surface area contributed by atoms with Crippen LogP contribution in [0.3, 0.4) is 0 Å². The Morgan fingerprint density at radius 1 is 1.17 bits per heavy atom. The Kier molecular flexibility index (Phi) is 3.29. The molecule has 0 spiro atoms. The molecule has 0 saturated heterocycles. The van der Waals surface area contributed by atoms with Crippen LogP contribution in [-0.2, 0) is 0 Å². The molecule has 0 aliphatic heterocycles. The SMILES string of the molecule is CN(C)N(C)C(n1nnc2ccccc21)=[N+](C)C. The fraction of sp³-hybridized carbons (Fsp3) is 0.417. The maximum atomic E-state index is 4.24. The Bertz CT molecular complexity index is 579. The Labute approximate surface area is 107 Å². The molecule has 96 valence electrons. The minimum absolute atomic E-state index is 0.893. The van der Waals surface area contributed by atoms with Gasteiger partial charge in [0.15, 0.2) is 5.52 Å². The molecule has 0 N–H and O–H groups in total. The number of rotatable bonds is 1. The van der Waals surface area contributed by atoms with Gasteiger partial charge in [0.2, 0.25) is 0 Å². The summed E-state index contributed by atoms with van der Waals surface area (Å²) in [4.78, 5) is 0. The molecule has 0 bridgehead atoms. The zero-order valence-electron chi connectivity index (χ0n) is 11.5. The van der Waals surface area contributed by atoms with E-state index in [1.54, 1.807) is 0 Å². The third-order valence-electron chi connectivity index (χ3n) is 2.83. The topological polar surface area (TPSA) is 40.2 Å². The van der Waals surface area contributed by atoms with Gasteiger partial charge in [0, 0.05) is 19.3 Å². The molecule has 0 radical (unpaired) electrons. The van der Waals surface area contributed by atoms with E-state index in [0.29, 0.717) is 0 Å². The number of para-hydroxylation sites is 1. The van der Waals surface area contributed by atoms with Crippen molar-refractivity contribution < 1.29 is 4.58 Å². The largest absolute Gasteiger partial charge is 0.398 e. The molecule has 1 aromatic carbocycles. The van der Waals surface area contributed by atoms with Crippen LogP contribution in [0.4, 0.5) is 0 Å². The van der Waals surface area contributed by atoms with Crippen molar-refractivity contribution in [3.63, 3.8) is 0 Å². The molecule has 0 aliphatic rings. The van der Waals surface area contributed by atoms with E-state index >= 15 is 0 Å². The lowest BCUT2D eigenvalue weighted by Gasteiger charge is -2.21. The van der Waals surface area contributed by atoms with Gasteiger partial charge in [-0.25, -0.2) is 0 Å². The minimum Gasteiger partial charge on any atom is -0.267 e. The van der Waals surface area contributed by atoms with Crippen LogP contribution in [0.5, 0.6) is 0 Å². The summed E-state index contributed by atoms with van der Waals surface area (Å²) >= 11 is 0. The van der Waals surface area contributed by atoms with Gasteiger partial charge in [0.05, 0.1) is 21.1 Å². The molecular formula is C12H19N6+. The van der Waals surface area contributed by atoms with E-state index in [0.717, 1.165) is 17.0 Å². The highest BCUT2D eigenvalue weighted by molar-refractivity contribution is 5.87. The van der Waals surface area contributed by atoms with Crippen molar-refractivity contribution >= 4 is 17.0 Å². The number of hydrogen-bond donors (Lipinski definition) is 0. The van der Waals surface area contributed by atoms with Crippen molar-refractivity contribution in [2.75, 3.05) is 35.2 Å². The van der Waals surface area contributed by atoms with E-state index in [1.807, 2.05) is 78.8 Å². The number of fused-ring (bicyclic) bond motifs is 1. The van der Waals surface area contributed by atoms with E-state index in [4.69, 9.17) is 0 Å². The van der Waals surface area contributed by atoms with Gasteiger partial charge < -0.3 is 0 Å². The highest BCUT2D eigenvalue weighted by atomic mass is 15.7. The number of nitrogens with zero attached hydrogens (tertiary/aromatic N) is 6. The smallest absolute Gasteiger partial charge is 0.267 e. The van der Waals surface area contributed by atoms with E-state index in [9.17, 15) is 0 Å². The quantitative estimate of drug-likeness (QED) is 0.315. The first kappa shape index (κ1) is 12.5. The van der Waals surface area contributed by atoms with Gasteiger partial charge in [-0.05, 0) is 12.1 Å². The molecule has 6 heteroatoms. The first-order chi connectivity index (χ1) is 8.52. The highest BCUT2D eigenvalue weighted by Crippen LogP contribution is 2.10. The second-order valence-electron chi connectivity index (χ2n) is 4.56. The van der Waals surface area contributed by atoms with Gasteiger partial charge in [-0.3, -0.25) is 4.58 Å². The lowest BCUT2D eigenvalue weighted by atomic mass is 10.3. The Hall–Kier alpha value is -1.95. The number of benzene rings is 1. The summed E-state index contributed by atoms with van der Waals surface area (Å²) in [7, 11) is 9.95. The highest BCUT2D eigenvalue weighted by Gasteiger charge is 2.24. The summed E-state index contributed by atoms with van der Waals surface area (Å²) < 4.78 is 3.86. The lowest BCUT2D eigenvalue weighted by molar-refractivity contribution is -0.474. The molecule has 0 aliphatic carbocycles. The van der Waals surface area contributed by atoms with Crippen LogP contribution < -0.4 is 0 Å². The molecule has 0 saturated carbocycles. The molecule has 0 fully saturated rings. The lowest BCUT2D eigenvalue weighted by Crippen LogP contribution is -2.46. The molecule has 18 heavy (non-hydrogen) atoms. The molecule has 1 aromatic heterocycles. The Morgan fingerprint density at radius 3 is 2.44 bits per heavy atom. The normalized spacial score (nSPS) is 11.0. The summed E-state index contributed by atoms with van der Waals surface area (Å²) in [5, 5.41) is 12.4. The van der Waals surface area contributed by atoms with Crippen molar-refractivity contribution in [1.82, 2.24) is 25.0 Å². The predicted octanol–water partition coefficient (Wildman–Crippen LogP) is 0.316. The zero-order valence-corrected chi connectivity index (χ0v) is 11.5. The molecule has 2 aromatic rings. The summed E-state index contributed by atoms with van der Waals surface area (Å²) in [6.07, 6.45) is 0. The number of hydrogen-bond acceptors (Lipinski definition) is 3. The van der Waals surface area contributed by atoms with Gasteiger partial charge in [-0.1, -0.05) is 16.8 Å². The molecular weight excluding hydrogens is 228 g/mol. The van der Waals surface area contributed by atoms with Gasteiger partial charge in [-0.15, -0.1) is 5.10 Å². The summed E-state index contributed by atoms with van der Waals surface area (Å²) in [5.74, 6) is 0.939. The molecule has 6 nitrogen and oxygen atoms in total. The van der Waals surface area contributed by atoms with Gasteiger partial charge >= 0.3 is 5.96 Å². The number of hydrazine groups is 1. The van der Waals surface area contributed by atoms with Crippen LogP contribution in [0.1, 0.15) is 0 Å². The maximum absolute atomic E-state index is 4.24. The fourth-order valence-corrected chi connectivity index (χ4v) is 1.81. The van der Waals surface area contributed by atoms with E-state index in [2.05, 4.69) is 10.3 Å². The average Bonchev–Trinajstić information content (AvgIpc) is 2.73. The standard InChI is InChI=1S/C12H19N6/c1-15(2)12(17(5)16(3)4)18-11-9-7-6-8-10(11)13-14-18/h6-9H,1-5H3/q+1. The predicted molar refractivity (Wildman–Crippen MR) is 71.5 cm³/mol. The monoisotopic (exact) mass is 247 g/mol. The number of aromatic nitrogens is 3. The van der Waals surface area contributed by atoms with Crippen molar-refractivity contribution in [3.05, 3.63) is 24.3 Å². The second kappa shape index (κ2) is 4.73. The first-order valence-corrected chi connectivity index (χ1v) is 5.78. The van der Waals surface area contributed by atoms with Crippen LogP contribution >= 0.6 is 0 Å². The Balaban J connectivity index is 2.61. The second-order valence-corrected chi connectivity index (χ2v) is 4.56. The zero-order chi connectivity index (χ0) is 13.3.